The molecule has 0 aromatic heterocycles. The quantitative estimate of drug-likeness (QED) is 0.587. The number of fused-ring (bicyclic) bond motifs is 1. The second kappa shape index (κ2) is 8.03. The number of carbonyl (C=O) groups is 1. The van der Waals surface area contributed by atoms with Gasteiger partial charge in [-0.1, -0.05) is 28.1 Å². The summed E-state index contributed by atoms with van der Waals surface area (Å²) in [6.07, 6.45) is 1.22. The van der Waals surface area contributed by atoms with Crippen LogP contribution in [0.1, 0.15) is 44.4 Å². The summed E-state index contributed by atoms with van der Waals surface area (Å²) in [6.45, 7) is 5.61. The summed E-state index contributed by atoms with van der Waals surface area (Å²) in [7, 11) is 3.26. The van der Waals surface area contributed by atoms with E-state index in [2.05, 4.69) is 15.9 Å². The Morgan fingerprint density at radius 1 is 1.14 bits per heavy atom. The highest BCUT2D eigenvalue weighted by Crippen LogP contribution is 2.46. The number of benzene rings is 2. The molecule has 1 heterocycles. The van der Waals surface area contributed by atoms with E-state index >= 15 is 0 Å². The molecule has 0 saturated heterocycles. The fourth-order valence-electron chi connectivity index (χ4n) is 3.52. The first kappa shape index (κ1) is 20.5. The lowest BCUT2D eigenvalue weighted by molar-refractivity contribution is 0.0558. The van der Waals surface area contributed by atoms with E-state index in [0.29, 0.717) is 5.75 Å². The first-order chi connectivity index (χ1) is 13.2. The molecular weight excluding hydrogens is 422 g/mol. The SMILES string of the molecule is COc1cccc(C2CCc3cc(Br)cc(OC)c3N2C(=O)OC(C)(C)C)c1. The van der Waals surface area contributed by atoms with Crippen LogP contribution in [-0.2, 0) is 11.2 Å². The van der Waals surface area contributed by atoms with Gasteiger partial charge in [0.2, 0.25) is 0 Å². The number of hydrogen-bond acceptors (Lipinski definition) is 4. The number of methoxy groups -OCH3 is 2. The first-order valence-corrected chi connectivity index (χ1v) is 10.1. The van der Waals surface area contributed by atoms with Gasteiger partial charge in [-0.15, -0.1) is 0 Å². The van der Waals surface area contributed by atoms with Crippen LogP contribution in [0.25, 0.3) is 0 Å². The van der Waals surface area contributed by atoms with Crippen molar-refractivity contribution in [1.82, 2.24) is 0 Å². The zero-order chi connectivity index (χ0) is 20.5. The highest BCUT2D eigenvalue weighted by atomic mass is 79.9. The molecule has 0 aliphatic carbocycles. The van der Waals surface area contributed by atoms with E-state index in [1.165, 1.54) is 0 Å². The number of rotatable bonds is 3. The minimum atomic E-state index is -0.601. The molecule has 1 aliphatic heterocycles. The van der Waals surface area contributed by atoms with Crippen LogP contribution in [-0.4, -0.2) is 25.9 Å². The fraction of sp³-hybridized carbons (Fsp3) is 0.409. The Balaban J connectivity index is 2.14. The van der Waals surface area contributed by atoms with Gasteiger partial charge in [-0.05, 0) is 69.0 Å². The van der Waals surface area contributed by atoms with E-state index in [1.54, 1.807) is 19.1 Å². The van der Waals surface area contributed by atoms with Crippen LogP contribution in [0, 0.1) is 0 Å². The molecule has 2 aromatic carbocycles. The molecular formula is C22H26BrNO4. The van der Waals surface area contributed by atoms with Crippen LogP contribution in [0.4, 0.5) is 10.5 Å². The van der Waals surface area contributed by atoms with Crippen molar-refractivity contribution in [3.05, 3.63) is 52.0 Å². The maximum Gasteiger partial charge on any atom is 0.415 e. The van der Waals surface area contributed by atoms with Crippen LogP contribution in [0.3, 0.4) is 0 Å². The molecule has 0 N–H and O–H groups in total. The molecule has 1 atom stereocenters. The normalized spacial score (nSPS) is 16.4. The Bertz CT molecular complexity index is 858. The van der Waals surface area contributed by atoms with Gasteiger partial charge < -0.3 is 14.2 Å². The predicted octanol–water partition coefficient (Wildman–Crippen LogP) is 5.90. The van der Waals surface area contributed by atoms with Crippen LogP contribution in [0.2, 0.25) is 0 Å². The molecule has 2 aromatic rings. The number of halogens is 1. The van der Waals surface area contributed by atoms with Gasteiger partial charge in [0.1, 0.15) is 17.1 Å². The van der Waals surface area contributed by atoms with Crippen molar-refractivity contribution >= 4 is 27.7 Å². The van der Waals surface area contributed by atoms with Gasteiger partial charge in [-0.2, -0.15) is 0 Å². The number of ether oxygens (including phenoxy) is 3. The summed E-state index contributed by atoms with van der Waals surface area (Å²) in [5.74, 6) is 1.40. The number of amides is 1. The van der Waals surface area contributed by atoms with Crippen molar-refractivity contribution in [3.63, 3.8) is 0 Å². The molecule has 1 unspecified atom stereocenters. The highest BCUT2D eigenvalue weighted by Gasteiger charge is 2.37. The third-order valence-corrected chi connectivity index (χ3v) is 5.10. The molecule has 150 valence electrons. The van der Waals surface area contributed by atoms with Crippen LogP contribution in [0.15, 0.2) is 40.9 Å². The number of carbonyl (C=O) groups excluding carboxylic acids is 1. The van der Waals surface area contributed by atoms with Gasteiger partial charge in [0.15, 0.2) is 0 Å². The van der Waals surface area contributed by atoms with Gasteiger partial charge in [0.05, 0.1) is 25.9 Å². The Kier molecular flexibility index (Phi) is 5.89. The summed E-state index contributed by atoms with van der Waals surface area (Å²) in [4.78, 5) is 15.0. The highest BCUT2D eigenvalue weighted by molar-refractivity contribution is 9.10. The molecule has 1 aliphatic rings. The molecule has 5 nitrogen and oxygen atoms in total. The van der Waals surface area contributed by atoms with Gasteiger partial charge in [-0.25, -0.2) is 4.79 Å². The van der Waals surface area contributed by atoms with E-state index in [9.17, 15) is 4.79 Å². The monoisotopic (exact) mass is 447 g/mol. The van der Waals surface area contributed by atoms with Crippen molar-refractivity contribution < 1.29 is 19.0 Å². The lowest BCUT2D eigenvalue weighted by Gasteiger charge is -2.39. The summed E-state index contributed by atoms with van der Waals surface area (Å²) >= 11 is 3.54. The van der Waals surface area contributed by atoms with Crippen molar-refractivity contribution in [2.45, 2.75) is 45.3 Å². The molecule has 0 bridgehead atoms. The number of hydrogen-bond donors (Lipinski definition) is 0. The predicted molar refractivity (Wildman–Crippen MR) is 113 cm³/mol. The van der Waals surface area contributed by atoms with Gasteiger partial charge in [-0.3, -0.25) is 4.90 Å². The van der Waals surface area contributed by atoms with Gasteiger partial charge >= 0.3 is 6.09 Å². The summed E-state index contributed by atoms with van der Waals surface area (Å²) in [5.41, 5.74) is 2.21. The van der Waals surface area contributed by atoms with Crippen LogP contribution >= 0.6 is 15.9 Å². The summed E-state index contributed by atoms with van der Waals surface area (Å²) in [5, 5.41) is 0. The van der Waals surface area contributed by atoms with E-state index in [1.807, 2.05) is 57.2 Å². The summed E-state index contributed by atoms with van der Waals surface area (Å²) < 4.78 is 17.7. The average molecular weight is 448 g/mol. The third kappa shape index (κ3) is 4.27. The van der Waals surface area contributed by atoms with Crippen molar-refractivity contribution in [1.29, 1.82) is 0 Å². The summed E-state index contributed by atoms with van der Waals surface area (Å²) in [6, 6.07) is 11.6. The Morgan fingerprint density at radius 3 is 2.54 bits per heavy atom. The minimum absolute atomic E-state index is 0.174. The second-order valence-corrected chi connectivity index (χ2v) is 8.71. The molecule has 28 heavy (non-hydrogen) atoms. The van der Waals surface area contributed by atoms with E-state index < -0.39 is 5.60 Å². The second-order valence-electron chi connectivity index (χ2n) is 7.80. The lowest BCUT2D eigenvalue weighted by Crippen LogP contribution is -2.42. The Morgan fingerprint density at radius 2 is 1.89 bits per heavy atom. The molecule has 0 radical (unpaired) electrons. The first-order valence-electron chi connectivity index (χ1n) is 9.26. The van der Waals surface area contributed by atoms with Gasteiger partial charge in [0, 0.05) is 4.47 Å². The third-order valence-electron chi connectivity index (χ3n) is 4.65. The Labute approximate surface area is 174 Å². The van der Waals surface area contributed by atoms with Crippen LogP contribution < -0.4 is 14.4 Å². The topological polar surface area (TPSA) is 48.0 Å². The van der Waals surface area contributed by atoms with Gasteiger partial charge in [0.25, 0.3) is 0 Å². The standard InChI is InChI=1S/C22H26BrNO4/c1-22(2,3)28-21(25)24-18(14-7-6-8-17(12-14)26-4)10-9-15-11-16(23)13-19(27-5)20(15)24/h6-8,11-13,18H,9-10H2,1-5H3. The number of anilines is 1. The van der Waals surface area contributed by atoms with Crippen molar-refractivity contribution in [2.75, 3.05) is 19.1 Å². The maximum absolute atomic E-state index is 13.3. The zero-order valence-corrected chi connectivity index (χ0v) is 18.5. The molecule has 3 rings (SSSR count). The number of aryl methyl sites for hydroxylation is 1. The molecule has 1 amide bonds. The average Bonchev–Trinajstić information content (AvgIpc) is 2.64. The van der Waals surface area contributed by atoms with E-state index in [0.717, 1.165) is 39.9 Å². The van der Waals surface area contributed by atoms with E-state index in [4.69, 9.17) is 14.2 Å². The molecule has 0 saturated carbocycles. The molecule has 0 spiro atoms. The zero-order valence-electron chi connectivity index (χ0n) is 16.9. The molecule has 0 fully saturated rings. The van der Waals surface area contributed by atoms with Crippen molar-refractivity contribution in [3.8, 4) is 11.5 Å². The molecule has 6 heteroatoms. The van der Waals surface area contributed by atoms with Crippen molar-refractivity contribution in [2.24, 2.45) is 0 Å². The fourth-order valence-corrected chi connectivity index (χ4v) is 4.00. The largest absolute Gasteiger partial charge is 0.497 e. The Hall–Kier alpha value is -2.21. The van der Waals surface area contributed by atoms with E-state index in [-0.39, 0.29) is 12.1 Å². The maximum atomic E-state index is 13.3. The lowest BCUT2D eigenvalue weighted by atomic mass is 9.91. The number of nitrogens with zero attached hydrogens (tertiary/aromatic N) is 1. The van der Waals surface area contributed by atoms with Crippen LogP contribution in [0.5, 0.6) is 11.5 Å². The minimum Gasteiger partial charge on any atom is -0.497 e. The smallest absolute Gasteiger partial charge is 0.415 e.